The quantitative estimate of drug-likeness (QED) is 0.179. The maximum Gasteiger partial charge on any atom is 0.282 e. The third-order valence-electron chi connectivity index (χ3n) is 7.12. The second kappa shape index (κ2) is 11.3. The van der Waals surface area contributed by atoms with Crippen molar-refractivity contribution in [1.29, 1.82) is 0 Å². The minimum Gasteiger partial charge on any atom is -0.494 e. The van der Waals surface area contributed by atoms with Gasteiger partial charge in [0, 0.05) is 32.7 Å². The lowest BCUT2D eigenvalue weighted by atomic mass is 9.96. The Hall–Kier alpha value is -3.97. The van der Waals surface area contributed by atoms with Gasteiger partial charge in [0.05, 0.1) is 23.7 Å². The maximum atomic E-state index is 13.8. The standard InChI is InChI=1S/C33H33BrN4O2/c1-7-40-31-15-21(4)29(18-28(31)20(2)3)32-36-30-14-9-8-13-27(30)33(39)38(32)35-19-24-16-22(5)37(23(24)6)26-12-10-11-25(34)17-26/h8-20H,7H2,1-6H3. The Bertz CT molecular complexity index is 1810. The van der Waals surface area contributed by atoms with E-state index in [1.54, 1.807) is 12.3 Å². The molecule has 0 unspecified atom stereocenters. The Balaban J connectivity index is 1.70. The van der Waals surface area contributed by atoms with Gasteiger partial charge in [-0.05, 0) is 93.3 Å². The van der Waals surface area contributed by atoms with Gasteiger partial charge in [0.2, 0.25) is 0 Å². The Morgan fingerprint density at radius 3 is 2.52 bits per heavy atom. The van der Waals surface area contributed by atoms with E-state index in [0.717, 1.165) is 49.6 Å². The van der Waals surface area contributed by atoms with Gasteiger partial charge in [-0.25, -0.2) is 4.98 Å². The van der Waals surface area contributed by atoms with Crippen LogP contribution >= 0.6 is 15.9 Å². The van der Waals surface area contributed by atoms with Crippen molar-refractivity contribution in [2.45, 2.75) is 47.5 Å². The molecule has 0 aliphatic heterocycles. The summed E-state index contributed by atoms with van der Waals surface area (Å²) in [6.45, 7) is 13.0. The summed E-state index contributed by atoms with van der Waals surface area (Å²) in [5.74, 6) is 1.59. The molecule has 0 aliphatic rings. The number of hydrogen-bond acceptors (Lipinski definition) is 4. The highest BCUT2D eigenvalue weighted by atomic mass is 79.9. The number of aryl methyl sites for hydroxylation is 2. The number of hydrogen-bond donors (Lipinski definition) is 0. The number of rotatable bonds is 7. The highest BCUT2D eigenvalue weighted by Gasteiger charge is 2.19. The largest absolute Gasteiger partial charge is 0.494 e. The summed E-state index contributed by atoms with van der Waals surface area (Å²) in [4.78, 5) is 18.8. The molecule has 0 saturated carbocycles. The molecular formula is C33H33BrN4O2. The van der Waals surface area contributed by atoms with Crippen molar-refractivity contribution in [2.75, 3.05) is 6.61 Å². The first-order valence-electron chi connectivity index (χ1n) is 13.5. The smallest absolute Gasteiger partial charge is 0.282 e. The van der Waals surface area contributed by atoms with Crippen LogP contribution in [0.3, 0.4) is 0 Å². The van der Waals surface area contributed by atoms with Gasteiger partial charge in [-0.1, -0.05) is 48.0 Å². The van der Waals surface area contributed by atoms with Gasteiger partial charge in [0.1, 0.15) is 5.75 Å². The molecule has 2 heterocycles. The minimum absolute atomic E-state index is 0.211. The van der Waals surface area contributed by atoms with E-state index in [4.69, 9.17) is 14.8 Å². The molecule has 3 aromatic carbocycles. The van der Waals surface area contributed by atoms with E-state index in [1.807, 2.05) is 50.2 Å². The third-order valence-corrected chi connectivity index (χ3v) is 7.62. The molecule has 5 aromatic rings. The molecule has 40 heavy (non-hydrogen) atoms. The molecule has 0 spiro atoms. The van der Waals surface area contributed by atoms with Crippen molar-refractivity contribution in [3.05, 3.63) is 110 Å². The first-order valence-corrected chi connectivity index (χ1v) is 14.3. The summed E-state index contributed by atoms with van der Waals surface area (Å²) in [5.41, 5.74) is 7.40. The average molecular weight is 598 g/mol. The zero-order chi connectivity index (χ0) is 28.6. The predicted molar refractivity (Wildman–Crippen MR) is 167 cm³/mol. The molecule has 0 saturated heterocycles. The topological polar surface area (TPSA) is 61.4 Å². The summed E-state index contributed by atoms with van der Waals surface area (Å²) in [7, 11) is 0. The summed E-state index contributed by atoms with van der Waals surface area (Å²) >= 11 is 3.57. The van der Waals surface area contributed by atoms with Crippen molar-refractivity contribution < 1.29 is 4.74 Å². The Labute approximate surface area is 243 Å². The SMILES string of the molecule is CCOc1cc(C)c(-c2nc3ccccc3c(=O)n2N=Cc2cc(C)n(-c3cccc(Br)c3)c2C)cc1C(C)C. The van der Waals surface area contributed by atoms with Crippen LogP contribution < -0.4 is 10.3 Å². The molecule has 204 valence electrons. The zero-order valence-electron chi connectivity index (χ0n) is 23.7. The first kappa shape index (κ1) is 27.6. The molecule has 7 heteroatoms. The molecule has 0 bridgehead atoms. The first-order chi connectivity index (χ1) is 19.2. The fourth-order valence-electron chi connectivity index (χ4n) is 5.13. The van der Waals surface area contributed by atoms with Crippen LogP contribution in [0.15, 0.2) is 81.1 Å². The molecule has 0 radical (unpaired) electrons. The zero-order valence-corrected chi connectivity index (χ0v) is 25.3. The normalized spacial score (nSPS) is 11.7. The van der Waals surface area contributed by atoms with Gasteiger partial charge in [-0.3, -0.25) is 4.79 Å². The number of nitrogens with zero attached hydrogens (tertiary/aromatic N) is 4. The Morgan fingerprint density at radius 1 is 1.02 bits per heavy atom. The number of para-hydroxylation sites is 1. The summed E-state index contributed by atoms with van der Waals surface area (Å²) in [6, 6.07) is 21.8. The second-order valence-corrected chi connectivity index (χ2v) is 11.2. The van der Waals surface area contributed by atoms with E-state index in [0.29, 0.717) is 23.3 Å². The van der Waals surface area contributed by atoms with Crippen LogP contribution in [0, 0.1) is 20.8 Å². The number of fused-ring (bicyclic) bond motifs is 1. The third kappa shape index (κ3) is 5.13. The van der Waals surface area contributed by atoms with Crippen LogP contribution in [0.4, 0.5) is 0 Å². The van der Waals surface area contributed by atoms with Crippen LogP contribution in [0.25, 0.3) is 28.0 Å². The van der Waals surface area contributed by atoms with Gasteiger partial charge < -0.3 is 9.30 Å². The summed E-state index contributed by atoms with van der Waals surface area (Å²) in [6.07, 6.45) is 1.76. The van der Waals surface area contributed by atoms with E-state index in [9.17, 15) is 4.79 Å². The lowest BCUT2D eigenvalue weighted by molar-refractivity contribution is 0.335. The molecular weight excluding hydrogens is 564 g/mol. The molecule has 0 amide bonds. The van der Waals surface area contributed by atoms with E-state index in [2.05, 4.69) is 72.5 Å². The Kier molecular flexibility index (Phi) is 7.76. The lowest BCUT2D eigenvalue weighted by Crippen LogP contribution is -2.21. The van der Waals surface area contributed by atoms with E-state index >= 15 is 0 Å². The maximum absolute atomic E-state index is 13.8. The van der Waals surface area contributed by atoms with Crippen LogP contribution in [0.1, 0.15) is 54.8 Å². The number of aromatic nitrogens is 3. The van der Waals surface area contributed by atoms with Gasteiger partial charge in [-0.2, -0.15) is 9.78 Å². The van der Waals surface area contributed by atoms with Crippen molar-refractivity contribution in [3.8, 4) is 22.8 Å². The number of halogens is 1. The molecule has 0 atom stereocenters. The van der Waals surface area contributed by atoms with Gasteiger partial charge >= 0.3 is 0 Å². The molecule has 2 aromatic heterocycles. The van der Waals surface area contributed by atoms with E-state index in [1.165, 1.54) is 4.68 Å². The lowest BCUT2D eigenvalue weighted by Gasteiger charge is -2.18. The number of benzene rings is 3. The average Bonchev–Trinajstić information content (AvgIpc) is 3.20. The van der Waals surface area contributed by atoms with Crippen LogP contribution in [-0.2, 0) is 0 Å². The van der Waals surface area contributed by atoms with Crippen LogP contribution in [0.5, 0.6) is 5.75 Å². The fourth-order valence-corrected chi connectivity index (χ4v) is 5.51. The summed E-state index contributed by atoms with van der Waals surface area (Å²) in [5, 5.41) is 5.29. The van der Waals surface area contributed by atoms with Crippen molar-refractivity contribution >= 4 is 33.0 Å². The number of ether oxygens (including phenoxy) is 1. The van der Waals surface area contributed by atoms with Crippen LogP contribution in [0.2, 0.25) is 0 Å². The molecule has 5 rings (SSSR count). The van der Waals surface area contributed by atoms with Crippen molar-refractivity contribution in [3.63, 3.8) is 0 Å². The summed E-state index contributed by atoms with van der Waals surface area (Å²) < 4.78 is 10.6. The van der Waals surface area contributed by atoms with E-state index in [-0.39, 0.29) is 11.5 Å². The highest BCUT2D eigenvalue weighted by molar-refractivity contribution is 9.10. The Morgan fingerprint density at radius 2 is 1.80 bits per heavy atom. The minimum atomic E-state index is -0.211. The molecule has 0 fully saturated rings. The monoisotopic (exact) mass is 596 g/mol. The molecule has 0 N–H and O–H groups in total. The second-order valence-electron chi connectivity index (χ2n) is 10.2. The van der Waals surface area contributed by atoms with Gasteiger partial charge in [-0.15, -0.1) is 0 Å². The highest BCUT2D eigenvalue weighted by Crippen LogP contribution is 2.34. The van der Waals surface area contributed by atoms with Crippen molar-refractivity contribution in [1.82, 2.24) is 14.2 Å². The van der Waals surface area contributed by atoms with Crippen LogP contribution in [-0.4, -0.2) is 27.0 Å². The fraction of sp³-hybridized carbons (Fsp3) is 0.242. The van der Waals surface area contributed by atoms with Gasteiger partial charge in [0.15, 0.2) is 5.82 Å². The van der Waals surface area contributed by atoms with E-state index < -0.39 is 0 Å². The van der Waals surface area contributed by atoms with Gasteiger partial charge in [0.25, 0.3) is 5.56 Å². The molecule has 0 aliphatic carbocycles. The molecule has 6 nitrogen and oxygen atoms in total. The predicted octanol–water partition coefficient (Wildman–Crippen LogP) is 7.95. The van der Waals surface area contributed by atoms with Crippen molar-refractivity contribution in [2.24, 2.45) is 5.10 Å².